The van der Waals surface area contributed by atoms with Gasteiger partial charge in [0.2, 0.25) is 0 Å². The standard InChI is InChI=1S/C18H34O2.C8H19N.C6H6O2/c1-2-3-4-5-6-7-8-9-10-11-12-13-14-15-16-17-18(19)20;1-2-3-4-5-6-7-8-9;7-5-1-2-6(8)4-3-5/h9-10H,2-8,11-17H2,1H3,(H,19,20);2-9H2,1H3;1-4,7-8H/b10-9-;;. The first-order valence-corrected chi connectivity index (χ1v) is 15.0. The molecule has 0 radical (unpaired) electrons. The van der Waals surface area contributed by atoms with Crippen molar-refractivity contribution in [2.75, 3.05) is 6.54 Å². The van der Waals surface area contributed by atoms with Gasteiger partial charge in [0.25, 0.3) is 0 Å². The van der Waals surface area contributed by atoms with Crippen LogP contribution >= 0.6 is 0 Å². The Hall–Kier alpha value is -2.01. The molecule has 0 unspecified atom stereocenters. The molecule has 1 rings (SSSR count). The number of phenolic OH excluding ortho intramolecular Hbond substituents is 2. The van der Waals surface area contributed by atoms with Crippen LogP contribution in [0, 0.1) is 0 Å². The van der Waals surface area contributed by atoms with Gasteiger partial charge in [-0.05, 0) is 69.3 Å². The van der Waals surface area contributed by atoms with E-state index in [1.807, 2.05) is 0 Å². The minimum absolute atomic E-state index is 0.169. The quantitative estimate of drug-likeness (QED) is 0.0732. The smallest absolute Gasteiger partial charge is 0.303 e. The largest absolute Gasteiger partial charge is 0.508 e. The summed E-state index contributed by atoms with van der Waals surface area (Å²) in [5, 5.41) is 25.8. The van der Waals surface area contributed by atoms with Crippen LogP contribution < -0.4 is 5.73 Å². The van der Waals surface area contributed by atoms with Crippen molar-refractivity contribution in [2.45, 2.75) is 142 Å². The van der Waals surface area contributed by atoms with Crippen LogP contribution in [-0.2, 0) is 4.79 Å². The Morgan fingerprint density at radius 2 is 0.973 bits per heavy atom. The average Bonchev–Trinajstić information content (AvgIpc) is 2.89. The summed E-state index contributed by atoms with van der Waals surface area (Å²) >= 11 is 0. The highest BCUT2D eigenvalue weighted by Crippen LogP contribution is 2.13. The molecule has 0 aliphatic carbocycles. The van der Waals surface area contributed by atoms with E-state index < -0.39 is 5.97 Å². The summed E-state index contributed by atoms with van der Waals surface area (Å²) in [4.78, 5) is 10.3. The van der Waals surface area contributed by atoms with Gasteiger partial charge in [0, 0.05) is 6.42 Å². The van der Waals surface area contributed by atoms with Gasteiger partial charge in [0.1, 0.15) is 11.5 Å². The summed E-state index contributed by atoms with van der Waals surface area (Å²) in [5.41, 5.74) is 5.34. The van der Waals surface area contributed by atoms with Crippen LogP contribution in [0.15, 0.2) is 36.4 Å². The van der Waals surface area contributed by atoms with Crippen molar-refractivity contribution in [3.05, 3.63) is 36.4 Å². The second-order valence-electron chi connectivity index (χ2n) is 9.80. The lowest BCUT2D eigenvalue weighted by Gasteiger charge is -1.99. The number of carboxylic acid groups (broad SMARTS) is 1. The van der Waals surface area contributed by atoms with E-state index in [1.165, 1.54) is 133 Å². The molecule has 0 spiro atoms. The summed E-state index contributed by atoms with van der Waals surface area (Å²) in [7, 11) is 0. The molecule has 0 aromatic heterocycles. The molecule has 0 aliphatic heterocycles. The van der Waals surface area contributed by atoms with Gasteiger partial charge in [-0.2, -0.15) is 0 Å². The van der Waals surface area contributed by atoms with Crippen LogP contribution in [0.3, 0.4) is 0 Å². The first kappa shape index (κ1) is 37.1. The molecule has 0 saturated heterocycles. The number of nitrogens with two attached hydrogens (primary N) is 1. The highest BCUT2D eigenvalue weighted by Gasteiger charge is 1.96. The van der Waals surface area contributed by atoms with Gasteiger partial charge < -0.3 is 21.1 Å². The van der Waals surface area contributed by atoms with E-state index in [-0.39, 0.29) is 11.5 Å². The molecule has 0 atom stereocenters. The third kappa shape index (κ3) is 36.2. The number of benzene rings is 1. The van der Waals surface area contributed by atoms with Crippen molar-refractivity contribution in [1.82, 2.24) is 0 Å². The fourth-order valence-electron chi connectivity index (χ4n) is 3.72. The van der Waals surface area contributed by atoms with Gasteiger partial charge in [-0.15, -0.1) is 0 Å². The highest BCUT2D eigenvalue weighted by atomic mass is 16.4. The van der Waals surface area contributed by atoms with Gasteiger partial charge in [-0.3, -0.25) is 4.79 Å². The first-order valence-electron chi connectivity index (χ1n) is 15.0. The Balaban J connectivity index is 0. The normalized spacial score (nSPS) is 10.5. The van der Waals surface area contributed by atoms with E-state index in [0.29, 0.717) is 6.42 Å². The van der Waals surface area contributed by atoms with Crippen LogP contribution in [0.25, 0.3) is 0 Å². The van der Waals surface area contributed by atoms with Gasteiger partial charge in [-0.1, -0.05) is 109 Å². The predicted molar refractivity (Wildman–Crippen MR) is 159 cm³/mol. The van der Waals surface area contributed by atoms with Crippen molar-refractivity contribution in [3.63, 3.8) is 0 Å². The zero-order chi connectivity index (χ0) is 27.8. The van der Waals surface area contributed by atoms with E-state index in [1.54, 1.807) is 0 Å². The van der Waals surface area contributed by atoms with Gasteiger partial charge in [-0.25, -0.2) is 0 Å². The molecule has 0 fully saturated rings. The predicted octanol–water partition coefficient (Wildman–Crippen LogP) is 9.51. The minimum Gasteiger partial charge on any atom is -0.508 e. The molecule has 5 heteroatoms. The molecule has 216 valence electrons. The highest BCUT2D eigenvalue weighted by molar-refractivity contribution is 5.66. The number of rotatable bonds is 21. The lowest BCUT2D eigenvalue weighted by molar-refractivity contribution is -0.137. The Labute approximate surface area is 228 Å². The Morgan fingerprint density at radius 3 is 1.35 bits per heavy atom. The molecule has 5 N–H and O–H groups in total. The van der Waals surface area contributed by atoms with Crippen molar-refractivity contribution in [2.24, 2.45) is 5.73 Å². The van der Waals surface area contributed by atoms with Crippen LogP contribution in [-0.4, -0.2) is 27.8 Å². The topological polar surface area (TPSA) is 104 Å². The Bertz CT molecular complexity index is 574. The maximum atomic E-state index is 10.3. The van der Waals surface area contributed by atoms with Crippen LogP contribution in [0.2, 0.25) is 0 Å². The first-order chi connectivity index (χ1) is 18.0. The van der Waals surface area contributed by atoms with E-state index >= 15 is 0 Å². The third-order valence-electron chi connectivity index (χ3n) is 6.06. The zero-order valence-corrected chi connectivity index (χ0v) is 24.1. The molecule has 1 aromatic rings. The molecule has 0 aliphatic rings. The molecule has 1 aromatic carbocycles. The summed E-state index contributed by atoms with van der Waals surface area (Å²) in [5.74, 6) is -0.326. The SMILES string of the molecule is CCCCCCCC/C=C\CCCCCCCC(=O)O.CCCCCCCCN.Oc1ccc(O)cc1. The molecular weight excluding hydrogens is 462 g/mol. The lowest BCUT2D eigenvalue weighted by atomic mass is 10.1. The summed E-state index contributed by atoms with van der Waals surface area (Å²) in [6.45, 7) is 5.37. The number of carboxylic acids is 1. The molecule has 0 bridgehead atoms. The average molecular weight is 522 g/mol. The van der Waals surface area contributed by atoms with Crippen LogP contribution in [0.1, 0.15) is 142 Å². The van der Waals surface area contributed by atoms with Gasteiger partial charge >= 0.3 is 5.97 Å². The van der Waals surface area contributed by atoms with Crippen molar-refractivity contribution in [3.8, 4) is 11.5 Å². The zero-order valence-electron chi connectivity index (χ0n) is 24.1. The number of aliphatic carboxylic acids is 1. The molecular formula is C32H59NO4. The van der Waals surface area contributed by atoms with Gasteiger partial charge in [0.15, 0.2) is 0 Å². The van der Waals surface area contributed by atoms with Crippen LogP contribution in [0.5, 0.6) is 11.5 Å². The Kier molecular flexibility index (Phi) is 32.1. The monoisotopic (exact) mass is 521 g/mol. The van der Waals surface area contributed by atoms with E-state index in [4.69, 9.17) is 21.1 Å². The summed E-state index contributed by atoms with van der Waals surface area (Å²) < 4.78 is 0. The van der Waals surface area contributed by atoms with E-state index in [0.717, 1.165) is 19.4 Å². The number of carbonyl (C=O) groups is 1. The number of unbranched alkanes of at least 4 members (excludes halogenated alkanes) is 16. The number of phenols is 2. The van der Waals surface area contributed by atoms with Crippen LogP contribution in [0.4, 0.5) is 0 Å². The third-order valence-corrected chi connectivity index (χ3v) is 6.06. The van der Waals surface area contributed by atoms with Crippen molar-refractivity contribution < 1.29 is 20.1 Å². The number of hydrogen-bond donors (Lipinski definition) is 4. The minimum atomic E-state index is -0.664. The lowest BCUT2D eigenvalue weighted by Crippen LogP contribution is -1.97. The number of aromatic hydroxyl groups is 2. The molecule has 0 heterocycles. The molecule has 37 heavy (non-hydrogen) atoms. The summed E-state index contributed by atoms with van der Waals surface area (Å²) in [6.07, 6.45) is 29.3. The maximum absolute atomic E-state index is 10.3. The second kappa shape index (κ2) is 32.0. The fraction of sp³-hybridized carbons (Fsp3) is 0.719. The van der Waals surface area contributed by atoms with Gasteiger partial charge in [0.05, 0.1) is 0 Å². The fourth-order valence-corrected chi connectivity index (χ4v) is 3.72. The number of hydrogen-bond acceptors (Lipinski definition) is 4. The molecule has 0 amide bonds. The molecule has 0 saturated carbocycles. The van der Waals surface area contributed by atoms with E-state index in [2.05, 4.69) is 26.0 Å². The van der Waals surface area contributed by atoms with Crippen molar-refractivity contribution >= 4 is 5.97 Å². The molecule has 5 nitrogen and oxygen atoms in total. The van der Waals surface area contributed by atoms with E-state index in [9.17, 15) is 4.79 Å². The maximum Gasteiger partial charge on any atom is 0.303 e. The Morgan fingerprint density at radius 1 is 0.622 bits per heavy atom. The van der Waals surface area contributed by atoms with Crippen molar-refractivity contribution in [1.29, 1.82) is 0 Å². The summed E-state index contributed by atoms with van der Waals surface area (Å²) in [6, 6.07) is 5.70. The second-order valence-corrected chi connectivity index (χ2v) is 9.80. The number of allylic oxidation sites excluding steroid dienone is 2.